The van der Waals surface area contributed by atoms with Gasteiger partial charge in [-0.05, 0) is 17.2 Å². The molecule has 0 bridgehead atoms. The Morgan fingerprint density at radius 2 is 1.63 bits per heavy atom. The van der Waals surface area contributed by atoms with Crippen molar-refractivity contribution < 1.29 is 4.79 Å². The number of carbonyl (C=O) groups excluding carboxylic acids is 1. The molecule has 2 aromatic rings. The minimum Gasteiger partial charge on any atom is -0.370 e. The Bertz CT molecular complexity index is 598. The molecule has 0 aliphatic carbocycles. The van der Waals surface area contributed by atoms with E-state index in [1.54, 1.807) is 0 Å². The summed E-state index contributed by atoms with van der Waals surface area (Å²) in [6, 6.07) is 14.8. The number of rotatable bonds is 4. The maximum Gasteiger partial charge on any atom is 0.219 e. The van der Waals surface area contributed by atoms with E-state index in [9.17, 15) is 4.79 Å². The third-order valence-corrected chi connectivity index (χ3v) is 3.27. The zero-order chi connectivity index (χ0) is 13.8. The highest BCUT2D eigenvalue weighted by molar-refractivity contribution is 6.33. The summed E-state index contributed by atoms with van der Waals surface area (Å²) in [6.07, 6.45) is 0.113. The first kappa shape index (κ1) is 13.6. The van der Waals surface area contributed by atoms with Crippen LogP contribution in [0.25, 0.3) is 11.1 Å². The second-order valence-corrected chi connectivity index (χ2v) is 4.75. The highest BCUT2D eigenvalue weighted by Crippen LogP contribution is 2.33. The molecule has 98 valence electrons. The Morgan fingerprint density at radius 1 is 1.05 bits per heavy atom. The molecule has 4 heteroatoms. The monoisotopic (exact) mass is 274 g/mol. The Morgan fingerprint density at radius 3 is 2.26 bits per heavy atom. The molecular weight excluding hydrogens is 260 g/mol. The van der Waals surface area contributed by atoms with Gasteiger partial charge < -0.3 is 11.5 Å². The number of halogens is 1. The highest BCUT2D eigenvalue weighted by atomic mass is 35.5. The van der Waals surface area contributed by atoms with Crippen molar-refractivity contribution in [3.05, 3.63) is 59.1 Å². The molecule has 0 aliphatic heterocycles. The fraction of sp³-hybridized carbons (Fsp3) is 0.133. The predicted molar refractivity (Wildman–Crippen MR) is 77.6 cm³/mol. The first-order valence-electron chi connectivity index (χ1n) is 5.97. The lowest BCUT2D eigenvalue weighted by Crippen LogP contribution is -2.21. The second kappa shape index (κ2) is 5.87. The third kappa shape index (κ3) is 3.13. The van der Waals surface area contributed by atoms with E-state index in [1.165, 1.54) is 0 Å². The van der Waals surface area contributed by atoms with Crippen LogP contribution in [0.15, 0.2) is 48.5 Å². The molecule has 19 heavy (non-hydrogen) atoms. The van der Waals surface area contributed by atoms with Crippen molar-refractivity contribution in [1.82, 2.24) is 0 Å². The fourth-order valence-electron chi connectivity index (χ4n) is 2.07. The van der Waals surface area contributed by atoms with E-state index in [0.717, 1.165) is 16.7 Å². The molecule has 4 N–H and O–H groups in total. The standard InChI is InChI=1S/C15H15ClN2O/c16-13-8-4-3-6-11(13)10-5-1-2-7-12(10)14(17)9-15(18)19/h1-8,14H,9,17H2,(H2,18,19). The minimum absolute atomic E-state index is 0.113. The van der Waals surface area contributed by atoms with Gasteiger partial charge >= 0.3 is 0 Å². The van der Waals surface area contributed by atoms with Crippen molar-refractivity contribution in [1.29, 1.82) is 0 Å². The van der Waals surface area contributed by atoms with Crippen LogP contribution in [0.1, 0.15) is 18.0 Å². The van der Waals surface area contributed by atoms with Crippen molar-refractivity contribution in [2.24, 2.45) is 11.5 Å². The van der Waals surface area contributed by atoms with Gasteiger partial charge in [-0.15, -0.1) is 0 Å². The van der Waals surface area contributed by atoms with E-state index in [0.29, 0.717) is 5.02 Å². The summed E-state index contributed by atoms with van der Waals surface area (Å²) in [7, 11) is 0. The number of hydrogen-bond donors (Lipinski definition) is 2. The Hall–Kier alpha value is -1.84. The molecule has 0 saturated heterocycles. The summed E-state index contributed by atoms with van der Waals surface area (Å²) < 4.78 is 0. The third-order valence-electron chi connectivity index (χ3n) is 2.95. The van der Waals surface area contributed by atoms with E-state index >= 15 is 0 Å². The smallest absolute Gasteiger partial charge is 0.219 e. The van der Waals surface area contributed by atoms with Crippen LogP contribution in [0.4, 0.5) is 0 Å². The van der Waals surface area contributed by atoms with Crippen LogP contribution >= 0.6 is 11.6 Å². The molecular formula is C15H15ClN2O. The van der Waals surface area contributed by atoms with Crippen molar-refractivity contribution >= 4 is 17.5 Å². The molecule has 0 heterocycles. The van der Waals surface area contributed by atoms with Crippen LogP contribution in [0.5, 0.6) is 0 Å². The first-order chi connectivity index (χ1) is 9.09. The van der Waals surface area contributed by atoms with E-state index < -0.39 is 11.9 Å². The van der Waals surface area contributed by atoms with Crippen molar-refractivity contribution in [3.63, 3.8) is 0 Å². The van der Waals surface area contributed by atoms with Gasteiger partial charge in [0.05, 0.1) is 0 Å². The zero-order valence-electron chi connectivity index (χ0n) is 10.3. The predicted octanol–water partition coefficient (Wildman–Crippen LogP) is 2.88. The maximum absolute atomic E-state index is 11.0. The van der Waals surface area contributed by atoms with Crippen molar-refractivity contribution in [2.75, 3.05) is 0 Å². The van der Waals surface area contributed by atoms with Crippen LogP contribution in [0, 0.1) is 0 Å². The number of primary amides is 1. The van der Waals surface area contributed by atoms with E-state index in [4.69, 9.17) is 23.1 Å². The summed E-state index contributed by atoms with van der Waals surface area (Å²) in [5.41, 5.74) is 13.9. The van der Waals surface area contributed by atoms with Crippen LogP contribution < -0.4 is 11.5 Å². The molecule has 1 unspecified atom stereocenters. The van der Waals surface area contributed by atoms with Gasteiger partial charge in [0.1, 0.15) is 0 Å². The molecule has 0 aliphatic rings. The van der Waals surface area contributed by atoms with Crippen LogP contribution in [0.2, 0.25) is 5.02 Å². The van der Waals surface area contributed by atoms with Crippen molar-refractivity contribution in [3.8, 4) is 11.1 Å². The van der Waals surface area contributed by atoms with Gasteiger partial charge in [0.15, 0.2) is 0 Å². The molecule has 2 rings (SSSR count). The summed E-state index contributed by atoms with van der Waals surface area (Å²) in [6.45, 7) is 0. The molecule has 0 aromatic heterocycles. The van der Waals surface area contributed by atoms with Crippen LogP contribution in [0.3, 0.4) is 0 Å². The zero-order valence-corrected chi connectivity index (χ0v) is 11.1. The van der Waals surface area contributed by atoms with Crippen LogP contribution in [-0.4, -0.2) is 5.91 Å². The summed E-state index contributed by atoms with van der Waals surface area (Å²) in [4.78, 5) is 11.0. The largest absolute Gasteiger partial charge is 0.370 e. The fourth-order valence-corrected chi connectivity index (χ4v) is 2.31. The van der Waals surface area contributed by atoms with Gasteiger partial charge in [-0.3, -0.25) is 4.79 Å². The second-order valence-electron chi connectivity index (χ2n) is 4.34. The summed E-state index contributed by atoms with van der Waals surface area (Å²) in [5, 5.41) is 0.654. The highest BCUT2D eigenvalue weighted by Gasteiger charge is 2.15. The molecule has 1 amide bonds. The summed E-state index contributed by atoms with van der Waals surface area (Å²) in [5.74, 6) is -0.415. The maximum atomic E-state index is 11.0. The van der Waals surface area contributed by atoms with Crippen molar-refractivity contribution in [2.45, 2.75) is 12.5 Å². The Kier molecular flexibility index (Phi) is 4.20. The Balaban J connectivity index is 2.47. The van der Waals surface area contributed by atoms with Gasteiger partial charge in [-0.2, -0.15) is 0 Å². The van der Waals surface area contributed by atoms with Gasteiger partial charge in [0.25, 0.3) is 0 Å². The van der Waals surface area contributed by atoms with Gasteiger partial charge in [-0.25, -0.2) is 0 Å². The topological polar surface area (TPSA) is 69.1 Å². The molecule has 2 aromatic carbocycles. The van der Waals surface area contributed by atoms with E-state index in [2.05, 4.69) is 0 Å². The first-order valence-corrected chi connectivity index (χ1v) is 6.35. The molecule has 3 nitrogen and oxygen atoms in total. The Labute approximate surface area is 117 Å². The van der Waals surface area contributed by atoms with E-state index in [1.807, 2.05) is 48.5 Å². The average Bonchev–Trinajstić information content (AvgIpc) is 2.38. The lowest BCUT2D eigenvalue weighted by Gasteiger charge is -2.16. The summed E-state index contributed by atoms with van der Waals surface area (Å²) >= 11 is 6.21. The quantitative estimate of drug-likeness (QED) is 0.900. The van der Waals surface area contributed by atoms with E-state index in [-0.39, 0.29) is 6.42 Å². The van der Waals surface area contributed by atoms with Gasteiger partial charge in [0.2, 0.25) is 5.91 Å². The number of carbonyl (C=O) groups is 1. The number of nitrogens with two attached hydrogens (primary N) is 2. The SMILES string of the molecule is NC(=O)CC(N)c1ccccc1-c1ccccc1Cl. The molecule has 1 atom stereocenters. The number of hydrogen-bond acceptors (Lipinski definition) is 2. The molecule has 0 fully saturated rings. The van der Waals surface area contributed by atoms with Gasteiger partial charge in [-0.1, -0.05) is 54.1 Å². The molecule has 0 radical (unpaired) electrons. The van der Waals surface area contributed by atoms with Crippen LogP contribution in [-0.2, 0) is 4.79 Å². The lowest BCUT2D eigenvalue weighted by molar-refractivity contribution is -0.118. The normalized spacial score (nSPS) is 12.1. The average molecular weight is 275 g/mol. The van der Waals surface area contributed by atoms with Gasteiger partial charge in [0, 0.05) is 23.0 Å². The molecule has 0 saturated carbocycles. The lowest BCUT2D eigenvalue weighted by atomic mass is 9.93. The number of benzene rings is 2. The molecule has 0 spiro atoms. The minimum atomic E-state index is -0.426. The number of amides is 1.